The first-order valence-electron chi connectivity index (χ1n) is 10.7. The third-order valence-electron chi connectivity index (χ3n) is 5.13. The summed E-state index contributed by atoms with van der Waals surface area (Å²) in [6.45, 7) is 1.79. The fourth-order valence-corrected chi connectivity index (χ4v) is 5.19. The molecule has 0 radical (unpaired) electrons. The monoisotopic (exact) mass is 604 g/mol. The van der Waals surface area contributed by atoms with Gasteiger partial charge in [0.2, 0.25) is 5.91 Å². The first-order chi connectivity index (χ1) is 17.2. The van der Waals surface area contributed by atoms with Crippen molar-refractivity contribution in [3.05, 3.63) is 96.8 Å². The zero-order valence-electron chi connectivity index (χ0n) is 18.9. The average molecular weight is 606 g/mol. The number of rotatable bonds is 7. The van der Waals surface area contributed by atoms with E-state index in [-0.39, 0.29) is 18.1 Å². The van der Waals surface area contributed by atoms with Gasteiger partial charge >= 0.3 is 0 Å². The number of nitrogens with zero attached hydrogens (tertiary/aromatic N) is 1. The number of aryl methyl sites for hydroxylation is 1. The summed E-state index contributed by atoms with van der Waals surface area (Å²) in [5.41, 5.74) is 3.07. The fraction of sp³-hybridized carbons (Fsp3) is 0.115. The summed E-state index contributed by atoms with van der Waals surface area (Å²) in [6.07, 6.45) is 1.61. The predicted molar refractivity (Wildman–Crippen MR) is 147 cm³/mol. The van der Waals surface area contributed by atoms with Gasteiger partial charge < -0.3 is 10.1 Å². The maximum atomic E-state index is 12.8. The Hall–Kier alpha value is -2.78. The van der Waals surface area contributed by atoms with Crippen LogP contribution >= 0.6 is 50.9 Å². The minimum Gasteiger partial charge on any atom is -0.488 e. The molecular formula is C26H19BrCl2N2O4S. The number of halogens is 3. The van der Waals surface area contributed by atoms with Crippen LogP contribution in [0.25, 0.3) is 6.08 Å². The number of amides is 3. The Morgan fingerprint density at radius 3 is 2.64 bits per heavy atom. The molecule has 0 unspecified atom stereocenters. The van der Waals surface area contributed by atoms with Crippen molar-refractivity contribution in [3.8, 4) is 5.75 Å². The van der Waals surface area contributed by atoms with Gasteiger partial charge in [0.1, 0.15) is 18.9 Å². The molecule has 0 aliphatic carbocycles. The lowest BCUT2D eigenvalue weighted by Gasteiger charge is -2.12. The second-order valence-corrected chi connectivity index (χ2v) is 10.6. The minimum absolute atomic E-state index is 0.233. The highest BCUT2D eigenvalue weighted by atomic mass is 79.9. The lowest BCUT2D eigenvalue weighted by atomic mass is 10.2. The summed E-state index contributed by atoms with van der Waals surface area (Å²) >= 11 is 16.4. The topological polar surface area (TPSA) is 75.7 Å². The second kappa shape index (κ2) is 11.5. The van der Waals surface area contributed by atoms with Gasteiger partial charge in [-0.3, -0.25) is 19.3 Å². The van der Waals surface area contributed by atoms with E-state index < -0.39 is 17.1 Å². The molecule has 1 aliphatic heterocycles. The number of carbonyl (C=O) groups excluding carboxylic acids is 3. The molecular weight excluding hydrogens is 587 g/mol. The lowest BCUT2D eigenvalue weighted by molar-refractivity contribution is -0.127. The summed E-state index contributed by atoms with van der Waals surface area (Å²) in [5.74, 6) is -0.383. The van der Waals surface area contributed by atoms with E-state index in [2.05, 4.69) is 21.2 Å². The lowest BCUT2D eigenvalue weighted by Crippen LogP contribution is -2.36. The Morgan fingerprint density at radius 1 is 1.11 bits per heavy atom. The molecule has 1 N–H and O–H groups in total. The van der Waals surface area contributed by atoms with Gasteiger partial charge in [0.15, 0.2) is 0 Å². The molecule has 184 valence electrons. The van der Waals surface area contributed by atoms with Crippen molar-refractivity contribution in [1.82, 2.24) is 4.90 Å². The normalized spacial score (nSPS) is 14.4. The molecule has 0 aromatic heterocycles. The standard InChI is InChI=1S/C26H19BrCl2N2O4S/c1-15-3-2-4-19(9-15)30-24(32)13-31-25(33)23(36-26(31)34)11-16-5-8-22(20(27)10-16)35-14-17-6-7-18(28)12-21(17)29/h2-12H,13-14H2,1H3,(H,30,32)/b23-11+. The molecule has 4 rings (SSSR count). The molecule has 0 spiro atoms. The second-order valence-electron chi connectivity index (χ2n) is 7.90. The summed E-state index contributed by atoms with van der Waals surface area (Å²) in [5, 5.41) is 3.27. The maximum absolute atomic E-state index is 12.8. The number of ether oxygens (including phenoxy) is 1. The van der Waals surface area contributed by atoms with Gasteiger partial charge in [0, 0.05) is 21.3 Å². The van der Waals surface area contributed by atoms with Crippen molar-refractivity contribution in [2.24, 2.45) is 0 Å². The Labute approximate surface area is 230 Å². The van der Waals surface area contributed by atoms with Gasteiger partial charge in [-0.25, -0.2) is 0 Å². The highest BCUT2D eigenvalue weighted by molar-refractivity contribution is 9.10. The van der Waals surface area contributed by atoms with E-state index in [9.17, 15) is 14.4 Å². The van der Waals surface area contributed by atoms with Crippen molar-refractivity contribution < 1.29 is 19.1 Å². The number of hydrogen-bond donors (Lipinski definition) is 1. The predicted octanol–water partition coefficient (Wildman–Crippen LogP) is 7.32. The number of anilines is 1. The van der Waals surface area contributed by atoms with E-state index in [1.54, 1.807) is 54.6 Å². The van der Waals surface area contributed by atoms with E-state index in [4.69, 9.17) is 27.9 Å². The van der Waals surface area contributed by atoms with Crippen LogP contribution in [0.1, 0.15) is 16.7 Å². The van der Waals surface area contributed by atoms with Crippen LogP contribution in [-0.2, 0) is 16.2 Å². The summed E-state index contributed by atoms with van der Waals surface area (Å²) < 4.78 is 6.51. The minimum atomic E-state index is -0.516. The van der Waals surface area contributed by atoms with Crippen molar-refractivity contribution >= 4 is 79.7 Å². The van der Waals surface area contributed by atoms with Gasteiger partial charge in [0.05, 0.1) is 9.38 Å². The van der Waals surface area contributed by atoms with Crippen LogP contribution in [0.3, 0.4) is 0 Å². The molecule has 1 fully saturated rings. The molecule has 0 atom stereocenters. The molecule has 1 saturated heterocycles. The Bertz CT molecular complexity index is 1400. The number of nitrogens with one attached hydrogen (secondary N) is 1. The molecule has 3 aromatic carbocycles. The van der Waals surface area contributed by atoms with Gasteiger partial charge in [0.25, 0.3) is 11.1 Å². The third-order valence-corrected chi connectivity index (χ3v) is 7.24. The van der Waals surface area contributed by atoms with Crippen LogP contribution in [0.5, 0.6) is 5.75 Å². The van der Waals surface area contributed by atoms with Gasteiger partial charge in [-0.1, -0.05) is 47.5 Å². The SMILES string of the molecule is Cc1cccc(NC(=O)CN2C(=O)S/C(=C/c3ccc(OCc4ccc(Cl)cc4Cl)c(Br)c3)C2=O)c1. The first-order valence-corrected chi connectivity index (χ1v) is 13.0. The van der Waals surface area contributed by atoms with Gasteiger partial charge in [-0.2, -0.15) is 0 Å². The van der Waals surface area contributed by atoms with Gasteiger partial charge in [-0.15, -0.1) is 0 Å². The summed E-state index contributed by atoms with van der Waals surface area (Å²) in [6, 6.07) is 17.7. The zero-order valence-corrected chi connectivity index (χ0v) is 22.8. The van der Waals surface area contributed by atoms with Crippen LogP contribution < -0.4 is 10.1 Å². The molecule has 3 amide bonds. The van der Waals surface area contributed by atoms with Crippen LogP contribution in [-0.4, -0.2) is 28.5 Å². The van der Waals surface area contributed by atoms with Gasteiger partial charge in [-0.05, 0) is 88.2 Å². The summed E-state index contributed by atoms with van der Waals surface area (Å²) in [7, 11) is 0. The molecule has 6 nitrogen and oxygen atoms in total. The van der Waals surface area contributed by atoms with E-state index >= 15 is 0 Å². The Kier molecular flexibility index (Phi) is 8.41. The van der Waals surface area contributed by atoms with Crippen LogP contribution in [0.2, 0.25) is 10.0 Å². The molecule has 10 heteroatoms. The highest BCUT2D eigenvalue weighted by Crippen LogP contribution is 2.34. The van der Waals surface area contributed by atoms with Crippen LogP contribution in [0.15, 0.2) is 70.0 Å². The summed E-state index contributed by atoms with van der Waals surface area (Å²) in [4.78, 5) is 38.8. The van der Waals surface area contributed by atoms with Crippen molar-refractivity contribution in [2.45, 2.75) is 13.5 Å². The average Bonchev–Trinajstić information content (AvgIpc) is 3.07. The van der Waals surface area contributed by atoms with E-state index in [1.807, 2.05) is 19.1 Å². The number of hydrogen-bond acceptors (Lipinski definition) is 5. The largest absolute Gasteiger partial charge is 0.488 e. The molecule has 0 bridgehead atoms. The maximum Gasteiger partial charge on any atom is 0.294 e. The Balaban J connectivity index is 1.40. The Morgan fingerprint density at radius 2 is 1.92 bits per heavy atom. The number of thioether (sulfide) groups is 1. The number of carbonyl (C=O) groups is 3. The quantitative estimate of drug-likeness (QED) is 0.286. The number of imide groups is 1. The molecule has 1 aliphatic rings. The smallest absolute Gasteiger partial charge is 0.294 e. The number of benzene rings is 3. The van der Waals surface area contributed by atoms with E-state index in [0.717, 1.165) is 27.8 Å². The van der Waals surface area contributed by atoms with Crippen molar-refractivity contribution in [1.29, 1.82) is 0 Å². The van der Waals surface area contributed by atoms with Crippen LogP contribution in [0.4, 0.5) is 10.5 Å². The third kappa shape index (κ3) is 6.50. The zero-order chi connectivity index (χ0) is 25.8. The fourth-order valence-electron chi connectivity index (χ4n) is 3.37. The first kappa shape index (κ1) is 26.3. The van der Waals surface area contributed by atoms with Crippen molar-refractivity contribution in [3.63, 3.8) is 0 Å². The van der Waals surface area contributed by atoms with Crippen LogP contribution in [0, 0.1) is 6.92 Å². The molecule has 1 heterocycles. The van der Waals surface area contributed by atoms with E-state index in [1.165, 1.54) is 0 Å². The molecule has 3 aromatic rings. The highest BCUT2D eigenvalue weighted by Gasteiger charge is 2.36. The molecule has 36 heavy (non-hydrogen) atoms. The van der Waals surface area contributed by atoms with Crippen molar-refractivity contribution in [2.75, 3.05) is 11.9 Å². The molecule has 0 saturated carbocycles. The van der Waals surface area contributed by atoms with E-state index in [0.29, 0.717) is 31.5 Å².